The molecular weight excluding hydrogens is 302 g/mol. The highest BCUT2D eigenvalue weighted by atomic mass is 16.5. The lowest BCUT2D eigenvalue weighted by Crippen LogP contribution is -2.59. The van der Waals surface area contributed by atoms with E-state index in [1.165, 1.54) is 0 Å². The van der Waals surface area contributed by atoms with Gasteiger partial charge in [-0.25, -0.2) is 0 Å². The van der Waals surface area contributed by atoms with Gasteiger partial charge in [-0.15, -0.1) is 0 Å². The van der Waals surface area contributed by atoms with Gasteiger partial charge >= 0.3 is 0 Å². The fraction of sp³-hybridized carbons (Fsp3) is 0.350. The molecule has 0 radical (unpaired) electrons. The molecule has 0 aromatic heterocycles. The van der Waals surface area contributed by atoms with Crippen molar-refractivity contribution in [2.24, 2.45) is 0 Å². The average molecular weight is 326 g/mol. The van der Waals surface area contributed by atoms with E-state index in [0.717, 1.165) is 24.2 Å². The number of carbonyl (C=O) groups is 1. The first-order valence-corrected chi connectivity index (χ1v) is 8.43. The fourth-order valence-electron chi connectivity index (χ4n) is 3.30. The Morgan fingerprint density at radius 2 is 1.58 bits per heavy atom. The second kappa shape index (κ2) is 7.71. The summed E-state index contributed by atoms with van der Waals surface area (Å²) in [5.74, 6) is 0.123. The molecule has 1 aliphatic rings. The van der Waals surface area contributed by atoms with Crippen molar-refractivity contribution in [1.29, 1.82) is 0 Å². The number of hydrogen-bond acceptors (Lipinski definition) is 3. The molecule has 1 fully saturated rings. The number of hydrogen-bond donors (Lipinski definition) is 1. The quantitative estimate of drug-likeness (QED) is 0.655. The maximum Gasteiger partial charge on any atom is 0.216 e. The maximum atomic E-state index is 12.7. The number of aliphatic hydroxyl groups excluding tert-OH is 1. The third kappa shape index (κ3) is 4.09. The first-order valence-electron chi connectivity index (χ1n) is 8.43. The molecule has 0 unspecified atom stereocenters. The van der Waals surface area contributed by atoms with E-state index in [2.05, 4.69) is 0 Å². The molecule has 24 heavy (non-hydrogen) atoms. The van der Waals surface area contributed by atoms with Gasteiger partial charge in [-0.1, -0.05) is 60.7 Å². The van der Waals surface area contributed by atoms with E-state index in [9.17, 15) is 9.90 Å². The Hall–Kier alpha value is -2.01. The minimum absolute atomic E-state index is 0.123. The van der Waals surface area contributed by atoms with Crippen LogP contribution in [-0.4, -0.2) is 54.8 Å². The number of carbonyl (C=O) groups excluding carboxylic acids is 1. The van der Waals surface area contributed by atoms with Crippen molar-refractivity contribution in [2.75, 3.05) is 39.4 Å². The molecule has 0 spiro atoms. The third-order valence-electron chi connectivity index (χ3n) is 4.74. The Kier molecular flexibility index (Phi) is 5.41. The van der Waals surface area contributed by atoms with Crippen LogP contribution in [0.15, 0.2) is 60.7 Å². The van der Waals surface area contributed by atoms with Crippen LogP contribution >= 0.6 is 0 Å². The van der Waals surface area contributed by atoms with Gasteiger partial charge in [-0.05, 0) is 5.56 Å². The minimum atomic E-state index is -0.576. The Morgan fingerprint density at radius 1 is 1.00 bits per heavy atom. The number of Topliss-reactive ketones (excluding diaryl/α,β-unsaturated/α-hetero) is 1. The number of ether oxygens (including phenoxy) is 1. The summed E-state index contributed by atoms with van der Waals surface area (Å²) in [6.45, 7) is 3.70. The van der Waals surface area contributed by atoms with Gasteiger partial charge in [0.05, 0.1) is 13.2 Å². The lowest BCUT2D eigenvalue weighted by molar-refractivity contribution is -0.930. The minimum Gasteiger partial charge on any atom is -0.382 e. The van der Waals surface area contributed by atoms with Crippen molar-refractivity contribution in [2.45, 2.75) is 6.10 Å². The summed E-state index contributed by atoms with van der Waals surface area (Å²) < 4.78 is 6.06. The Morgan fingerprint density at radius 3 is 2.21 bits per heavy atom. The molecule has 2 aromatic rings. The van der Waals surface area contributed by atoms with E-state index in [1.54, 1.807) is 0 Å². The van der Waals surface area contributed by atoms with Crippen molar-refractivity contribution < 1.29 is 19.1 Å². The van der Waals surface area contributed by atoms with Crippen LogP contribution in [0.5, 0.6) is 0 Å². The van der Waals surface area contributed by atoms with Crippen LogP contribution < -0.4 is 0 Å². The van der Waals surface area contributed by atoms with Crippen LogP contribution in [0.25, 0.3) is 0 Å². The lowest BCUT2D eigenvalue weighted by Gasteiger charge is -2.42. The zero-order chi connectivity index (χ0) is 16.8. The monoisotopic (exact) mass is 326 g/mol. The Bertz CT molecular complexity index is 651. The predicted octanol–water partition coefficient (Wildman–Crippen LogP) is 2.45. The molecule has 0 amide bonds. The summed E-state index contributed by atoms with van der Waals surface area (Å²) in [7, 11) is 0. The standard InChI is InChI=1S/C20H24NO3/c22-19(17-7-3-1-4-8-17)15-21(11-13-24-14-12-21)16-20(23)18-9-5-2-6-10-18/h1-10,19,22H,11-16H2/q+1/t19-/m0/s1. The highest BCUT2D eigenvalue weighted by molar-refractivity contribution is 5.96. The van der Waals surface area contributed by atoms with Crippen LogP contribution in [0.2, 0.25) is 0 Å². The molecule has 126 valence electrons. The van der Waals surface area contributed by atoms with Crippen LogP contribution in [0.4, 0.5) is 0 Å². The van der Waals surface area contributed by atoms with Gasteiger partial charge < -0.3 is 14.3 Å². The molecule has 3 rings (SSSR count). The molecule has 1 atom stereocenters. The number of benzene rings is 2. The van der Waals surface area contributed by atoms with Crippen molar-refractivity contribution in [3.63, 3.8) is 0 Å². The van der Waals surface area contributed by atoms with Gasteiger partial charge in [0.2, 0.25) is 5.78 Å². The number of morpholine rings is 1. The summed E-state index contributed by atoms with van der Waals surface area (Å²) in [5.41, 5.74) is 1.63. The number of aliphatic hydroxyl groups is 1. The summed E-state index contributed by atoms with van der Waals surface area (Å²) in [6.07, 6.45) is -0.576. The normalized spacial score (nSPS) is 18.0. The molecule has 2 aromatic carbocycles. The number of rotatable bonds is 6. The van der Waals surface area contributed by atoms with Crippen molar-refractivity contribution in [3.05, 3.63) is 71.8 Å². The first kappa shape index (κ1) is 16.8. The topological polar surface area (TPSA) is 46.5 Å². The van der Waals surface area contributed by atoms with Crippen LogP contribution in [-0.2, 0) is 4.74 Å². The molecule has 4 heteroatoms. The molecule has 1 aliphatic heterocycles. The predicted molar refractivity (Wildman–Crippen MR) is 92.7 cm³/mol. The zero-order valence-electron chi connectivity index (χ0n) is 13.8. The largest absolute Gasteiger partial charge is 0.382 e. The summed E-state index contributed by atoms with van der Waals surface area (Å²) >= 11 is 0. The second-order valence-corrected chi connectivity index (χ2v) is 6.46. The van der Waals surface area contributed by atoms with Crippen molar-refractivity contribution >= 4 is 5.78 Å². The first-order chi connectivity index (χ1) is 11.7. The number of ketones is 1. The van der Waals surface area contributed by atoms with Crippen LogP contribution in [0.1, 0.15) is 22.0 Å². The van der Waals surface area contributed by atoms with Gasteiger partial charge in [0, 0.05) is 5.56 Å². The van der Waals surface area contributed by atoms with Gasteiger partial charge in [0.15, 0.2) is 0 Å². The lowest BCUT2D eigenvalue weighted by atomic mass is 10.1. The number of nitrogens with zero attached hydrogens (tertiary/aromatic N) is 1. The average Bonchev–Trinajstić information content (AvgIpc) is 2.64. The maximum absolute atomic E-state index is 12.7. The highest BCUT2D eigenvalue weighted by Gasteiger charge is 2.35. The van der Waals surface area contributed by atoms with Gasteiger partial charge in [0.1, 0.15) is 32.3 Å². The molecule has 1 heterocycles. The molecule has 0 bridgehead atoms. The van der Waals surface area contributed by atoms with Crippen LogP contribution in [0, 0.1) is 0 Å². The molecular formula is C20H24NO3+. The van der Waals surface area contributed by atoms with Crippen molar-refractivity contribution in [1.82, 2.24) is 0 Å². The molecule has 0 aliphatic carbocycles. The summed E-state index contributed by atoms with van der Waals surface area (Å²) in [6, 6.07) is 19.0. The van der Waals surface area contributed by atoms with E-state index in [0.29, 0.717) is 30.8 Å². The molecule has 4 nitrogen and oxygen atoms in total. The summed E-state index contributed by atoms with van der Waals surface area (Å²) in [5, 5.41) is 10.7. The summed E-state index contributed by atoms with van der Waals surface area (Å²) in [4.78, 5) is 12.7. The van der Waals surface area contributed by atoms with Crippen LogP contribution in [0.3, 0.4) is 0 Å². The molecule has 1 saturated heterocycles. The Labute approximate surface area is 142 Å². The smallest absolute Gasteiger partial charge is 0.216 e. The highest BCUT2D eigenvalue weighted by Crippen LogP contribution is 2.22. The van der Waals surface area contributed by atoms with E-state index >= 15 is 0 Å². The van der Waals surface area contributed by atoms with E-state index in [1.807, 2.05) is 60.7 Å². The third-order valence-corrected chi connectivity index (χ3v) is 4.74. The van der Waals surface area contributed by atoms with Gasteiger partial charge in [0.25, 0.3) is 0 Å². The second-order valence-electron chi connectivity index (χ2n) is 6.46. The number of quaternary nitrogens is 1. The SMILES string of the molecule is O=C(C[N+]1(C[C@H](O)c2ccccc2)CCOCC1)c1ccccc1. The van der Waals surface area contributed by atoms with E-state index < -0.39 is 6.10 Å². The Balaban J connectivity index is 1.76. The zero-order valence-corrected chi connectivity index (χ0v) is 13.8. The molecule has 1 N–H and O–H groups in total. The van der Waals surface area contributed by atoms with E-state index in [4.69, 9.17) is 4.74 Å². The van der Waals surface area contributed by atoms with E-state index in [-0.39, 0.29) is 5.78 Å². The van der Waals surface area contributed by atoms with Crippen molar-refractivity contribution in [3.8, 4) is 0 Å². The van der Waals surface area contributed by atoms with Gasteiger partial charge in [-0.3, -0.25) is 4.79 Å². The molecule has 0 saturated carbocycles. The fourth-order valence-corrected chi connectivity index (χ4v) is 3.30. The van der Waals surface area contributed by atoms with Gasteiger partial charge in [-0.2, -0.15) is 0 Å².